The number of benzene rings is 1. The maximum Gasteiger partial charge on any atom is 0.0210 e. The van der Waals surface area contributed by atoms with E-state index in [0.29, 0.717) is 0 Å². The van der Waals surface area contributed by atoms with Crippen LogP contribution in [0.25, 0.3) is 0 Å². The topological polar surface area (TPSA) is 12.0 Å². The van der Waals surface area contributed by atoms with Crippen LogP contribution in [-0.4, -0.2) is 5.54 Å². The maximum absolute atomic E-state index is 3.72. The first-order valence-electron chi connectivity index (χ1n) is 6.47. The van der Waals surface area contributed by atoms with Crippen LogP contribution in [0.15, 0.2) is 30.3 Å². The zero-order chi connectivity index (χ0) is 11.4. The lowest BCUT2D eigenvalue weighted by Gasteiger charge is -2.33. The highest BCUT2D eigenvalue weighted by Crippen LogP contribution is 2.33. The van der Waals surface area contributed by atoms with Crippen LogP contribution >= 0.6 is 0 Å². The second kappa shape index (κ2) is 5.01. The molecule has 1 heteroatoms. The van der Waals surface area contributed by atoms with Crippen LogP contribution in [0, 0.1) is 5.92 Å². The highest BCUT2D eigenvalue weighted by molar-refractivity contribution is 5.14. The molecule has 0 saturated heterocycles. The van der Waals surface area contributed by atoms with Crippen molar-refractivity contribution in [2.45, 2.75) is 51.6 Å². The number of hydrogen-bond donors (Lipinski definition) is 1. The molecular weight excluding hydrogens is 194 g/mol. The summed E-state index contributed by atoms with van der Waals surface area (Å²) >= 11 is 0. The van der Waals surface area contributed by atoms with Crippen LogP contribution in [0.1, 0.15) is 45.1 Å². The molecular formula is C15H23N. The molecule has 0 radical (unpaired) electrons. The van der Waals surface area contributed by atoms with E-state index in [1.807, 2.05) is 0 Å². The quantitative estimate of drug-likeness (QED) is 0.810. The fraction of sp³-hybridized carbons (Fsp3) is 0.600. The van der Waals surface area contributed by atoms with Crippen molar-refractivity contribution in [3.63, 3.8) is 0 Å². The van der Waals surface area contributed by atoms with E-state index in [4.69, 9.17) is 0 Å². The Morgan fingerprint density at radius 3 is 2.38 bits per heavy atom. The van der Waals surface area contributed by atoms with E-state index in [-0.39, 0.29) is 5.54 Å². The molecule has 1 saturated carbocycles. The van der Waals surface area contributed by atoms with Crippen molar-refractivity contribution in [3.8, 4) is 0 Å². The lowest BCUT2D eigenvalue weighted by molar-refractivity contribution is 0.254. The summed E-state index contributed by atoms with van der Waals surface area (Å²) in [5.41, 5.74) is 1.67. The predicted octanol–water partition coefficient (Wildman–Crippen LogP) is 3.75. The van der Waals surface area contributed by atoms with Crippen LogP contribution < -0.4 is 5.32 Å². The van der Waals surface area contributed by atoms with Gasteiger partial charge in [-0.1, -0.05) is 43.2 Å². The Hall–Kier alpha value is -0.820. The number of nitrogens with one attached hydrogen (secondary N) is 1. The van der Waals surface area contributed by atoms with Gasteiger partial charge in [0.05, 0.1) is 0 Å². The first-order valence-corrected chi connectivity index (χ1v) is 6.47. The lowest BCUT2D eigenvalue weighted by Crippen LogP contribution is -2.44. The van der Waals surface area contributed by atoms with Gasteiger partial charge in [0.1, 0.15) is 0 Å². The Morgan fingerprint density at radius 1 is 1.12 bits per heavy atom. The first-order chi connectivity index (χ1) is 7.68. The van der Waals surface area contributed by atoms with Crippen LogP contribution in [0.2, 0.25) is 0 Å². The van der Waals surface area contributed by atoms with Crippen molar-refractivity contribution >= 4 is 0 Å². The number of rotatable bonds is 4. The molecule has 0 aliphatic heterocycles. The minimum Gasteiger partial charge on any atom is -0.307 e. The van der Waals surface area contributed by atoms with Gasteiger partial charge in [0.15, 0.2) is 0 Å². The van der Waals surface area contributed by atoms with Crippen LogP contribution in [0.3, 0.4) is 0 Å². The highest BCUT2D eigenvalue weighted by Gasteiger charge is 2.30. The van der Waals surface area contributed by atoms with Crippen molar-refractivity contribution in [1.29, 1.82) is 0 Å². The second-order valence-corrected chi connectivity index (χ2v) is 5.54. The molecule has 1 aromatic rings. The van der Waals surface area contributed by atoms with Gasteiger partial charge in [0.2, 0.25) is 0 Å². The standard InChI is InChI=1S/C15H23N/c1-15(2,14-10-6-7-11-14)16-12-13-8-4-3-5-9-13/h3-5,8-9,14,16H,6-7,10-12H2,1-2H3. The third-order valence-electron chi connectivity index (χ3n) is 3.97. The van der Waals surface area contributed by atoms with Gasteiger partial charge in [0, 0.05) is 12.1 Å². The Labute approximate surface area is 99.3 Å². The second-order valence-electron chi connectivity index (χ2n) is 5.54. The zero-order valence-corrected chi connectivity index (χ0v) is 10.5. The van der Waals surface area contributed by atoms with E-state index in [1.165, 1.54) is 31.2 Å². The summed E-state index contributed by atoms with van der Waals surface area (Å²) in [6.45, 7) is 5.70. The molecule has 0 heterocycles. The molecule has 0 amide bonds. The zero-order valence-electron chi connectivity index (χ0n) is 10.5. The van der Waals surface area contributed by atoms with Gasteiger partial charge < -0.3 is 5.32 Å². The smallest absolute Gasteiger partial charge is 0.0210 e. The monoisotopic (exact) mass is 217 g/mol. The van der Waals surface area contributed by atoms with E-state index in [9.17, 15) is 0 Å². The van der Waals surface area contributed by atoms with Crippen LogP contribution in [-0.2, 0) is 6.54 Å². The molecule has 0 aromatic heterocycles. The fourth-order valence-corrected chi connectivity index (χ4v) is 2.72. The summed E-state index contributed by atoms with van der Waals surface area (Å²) in [5.74, 6) is 0.858. The van der Waals surface area contributed by atoms with Crippen molar-refractivity contribution < 1.29 is 0 Å². The van der Waals surface area contributed by atoms with Gasteiger partial charge in [-0.05, 0) is 38.2 Å². The van der Waals surface area contributed by atoms with Gasteiger partial charge in [-0.3, -0.25) is 0 Å². The van der Waals surface area contributed by atoms with Crippen molar-refractivity contribution in [2.24, 2.45) is 5.92 Å². The third-order valence-corrected chi connectivity index (χ3v) is 3.97. The van der Waals surface area contributed by atoms with Gasteiger partial charge in [-0.25, -0.2) is 0 Å². The lowest BCUT2D eigenvalue weighted by atomic mass is 9.86. The predicted molar refractivity (Wildman–Crippen MR) is 69.3 cm³/mol. The van der Waals surface area contributed by atoms with E-state index in [1.54, 1.807) is 0 Å². The molecule has 0 atom stereocenters. The molecule has 1 aliphatic rings. The van der Waals surface area contributed by atoms with Crippen molar-refractivity contribution in [1.82, 2.24) is 5.32 Å². The van der Waals surface area contributed by atoms with E-state index >= 15 is 0 Å². The summed E-state index contributed by atoms with van der Waals surface area (Å²) in [4.78, 5) is 0. The molecule has 0 spiro atoms. The van der Waals surface area contributed by atoms with E-state index in [0.717, 1.165) is 12.5 Å². The molecule has 16 heavy (non-hydrogen) atoms. The fourth-order valence-electron chi connectivity index (χ4n) is 2.72. The summed E-state index contributed by atoms with van der Waals surface area (Å²) in [5, 5.41) is 3.72. The molecule has 1 aliphatic carbocycles. The van der Waals surface area contributed by atoms with Gasteiger partial charge in [-0.2, -0.15) is 0 Å². The molecule has 0 unspecified atom stereocenters. The molecule has 1 N–H and O–H groups in total. The van der Waals surface area contributed by atoms with Gasteiger partial charge >= 0.3 is 0 Å². The van der Waals surface area contributed by atoms with Gasteiger partial charge in [-0.15, -0.1) is 0 Å². The summed E-state index contributed by atoms with van der Waals surface area (Å²) in [6, 6.07) is 10.7. The Balaban J connectivity index is 1.89. The normalized spacial score (nSPS) is 17.9. The minimum atomic E-state index is 0.284. The summed E-state index contributed by atoms with van der Waals surface area (Å²) in [6.07, 6.45) is 5.63. The molecule has 2 rings (SSSR count). The molecule has 1 aromatic carbocycles. The van der Waals surface area contributed by atoms with E-state index in [2.05, 4.69) is 49.5 Å². The first kappa shape index (κ1) is 11.7. The molecule has 1 nitrogen and oxygen atoms in total. The third kappa shape index (κ3) is 2.85. The van der Waals surface area contributed by atoms with E-state index < -0.39 is 0 Å². The van der Waals surface area contributed by atoms with Crippen molar-refractivity contribution in [3.05, 3.63) is 35.9 Å². The average Bonchev–Trinajstić information content (AvgIpc) is 2.82. The molecule has 88 valence electrons. The minimum absolute atomic E-state index is 0.284. The molecule has 0 bridgehead atoms. The highest BCUT2D eigenvalue weighted by atomic mass is 15.0. The summed E-state index contributed by atoms with van der Waals surface area (Å²) < 4.78 is 0. The Bertz CT molecular complexity index is 309. The van der Waals surface area contributed by atoms with Crippen LogP contribution in [0.4, 0.5) is 0 Å². The number of hydrogen-bond acceptors (Lipinski definition) is 1. The Morgan fingerprint density at radius 2 is 1.75 bits per heavy atom. The van der Waals surface area contributed by atoms with Gasteiger partial charge in [0.25, 0.3) is 0 Å². The SMILES string of the molecule is CC(C)(NCc1ccccc1)C1CCCC1. The largest absolute Gasteiger partial charge is 0.307 e. The maximum atomic E-state index is 3.72. The van der Waals surface area contributed by atoms with Crippen LogP contribution in [0.5, 0.6) is 0 Å². The Kier molecular flexibility index (Phi) is 3.65. The summed E-state index contributed by atoms with van der Waals surface area (Å²) in [7, 11) is 0. The molecule has 1 fully saturated rings. The van der Waals surface area contributed by atoms with Crippen molar-refractivity contribution in [2.75, 3.05) is 0 Å². The average molecular weight is 217 g/mol.